The van der Waals surface area contributed by atoms with Crippen molar-refractivity contribution >= 4 is 5.91 Å². The van der Waals surface area contributed by atoms with Crippen molar-refractivity contribution in [1.29, 1.82) is 0 Å². The third-order valence-corrected chi connectivity index (χ3v) is 4.15. The summed E-state index contributed by atoms with van der Waals surface area (Å²) in [6.07, 6.45) is 0. The zero-order chi connectivity index (χ0) is 16.7. The fourth-order valence-corrected chi connectivity index (χ4v) is 3.19. The molecule has 128 valence electrons. The number of hydrogen-bond donors (Lipinski definition) is 1. The molecular formula is C18H29N3O2. The summed E-state index contributed by atoms with van der Waals surface area (Å²) in [5.41, 5.74) is 1.32. The Hall–Kier alpha value is -1.43. The van der Waals surface area contributed by atoms with Crippen molar-refractivity contribution in [3.63, 3.8) is 0 Å². The average molecular weight is 319 g/mol. The highest BCUT2D eigenvalue weighted by molar-refractivity contribution is 5.77. The summed E-state index contributed by atoms with van der Waals surface area (Å²) in [6, 6.07) is 10.7. The van der Waals surface area contributed by atoms with E-state index in [0.717, 1.165) is 26.2 Å². The number of carbonyl (C=O) groups is 1. The van der Waals surface area contributed by atoms with Gasteiger partial charge in [-0.2, -0.15) is 0 Å². The van der Waals surface area contributed by atoms with Crippen LogP contribution in [0.4, 0.5) is 0 Å². The Balaban J connectivity index is 1.93. The van der Waals surface area contributed by atoms with Crippen LogP contribution in [0, 0.1) is 5.92 Å². The van der Waals surface area contributed by atoms with E-state index in [1.54, 1.807) is 0 Å². The molecule has 0 radical (unpaired) electrons. The van der Waals surface area contributed by atoms with Gasteiger partial charge in [-0.05, 0) is 26.6 Å². The van der Waals surface area contributed by atoms with Crippen LogP contribution < -0.4 is 5.32 Å². The van der Waals surface area contributed by atoms with Crippen molar-refractivity contribution < 1.29 is 9.53 Å². The third kappa shape index (κ3) is 5.94. The molecule has 0 unspecified atom stereocenters. The average Bonchev–Trinajstić information content (AvgIpc) is 2.86. The first-order valence-electron chi connectivity index (χ1n) is 8.36. The maximum Gasteiger partial charge on any atom is 0.246 e. The van der Waals surface area contributed by atoms with Gasteiger partial charge in [0.25, 0.3) is 0 Å². The summed E-state index contributed by atoms with van der Waals surface area (Å²) in [5, 5.41) is 3.15. The van der Waals surface area contributed by atoms with E-state index in [0.29, 0.717) is 12.5 Å². The molecule has 5 nitrogen and oxygen atoms in total. The van der Waals surface area contributed by atoms with Crippen molar-refractivity contribution in [3.8, 4) is 0 Å². The van der Waals surface area contributed by atoms with Crippen LogP contribution in [0.3, 0.4) is 0 Å². The molecule has 0 aromatic heterocycles. The van der Waals surface area contributed by atoms with Crippen LogP contribution in [0.2, 0.25) is 0 Å². The standard InChI is InChI=1S/C18H29N3O2/c1-4-23-14-18(22)19-17-13-21(12-16(17)11-20(2)3)10-15-8-6-5-7-9-15/h5-9,16-17H,4,10-14H2,1-3H3,(H,19,22)/t16-,17-/m1/s1. The number of nitrogens with one attached hydrogen (secondary N) is 1. The molecule has 0 bridgehead atoms. The Bertz CT molecular complexity index is 478. The van der Waals surface area contributed by atoms with Gasteiger partial charge in [-0.1, -0.05) is 30.3 Å². The first-order valence-corrected chi connectivity index (χ1v) is 8.36. The molecule has 0 aliphatic carbocycles. The van der Waals surface area contributed by atoms with E-state index < -0.39 is 0 Å². The molecule has 1 aromatic carbocycles. The molecule has 2 rings (SSSR count). The Kier molecular flexibility index (Phi) is 7.02. The van der Waals surface area contributed by atoms with Crippen LogP contribution >= 0.6 is 0 Å². The summed E-state index contributed by atoms with van der Waals surface area (Å²) in [6.45, 7) is 6.43. The molecule has 1 aliphatic rings. The number of nitrogens with zero attached hydrogens (tertiary/aromatic N) is 2. The number of rotatable bonds is 8. The number of benzene rings is 1. The molecule has 1 aromatic rings. The van der Waals surface area contributed by atoms with E-state index in [2.05, 4.69) is 53.5 Å². The van der Waals surface area contributed by atoms with Crippen LogP contribution in [-0.4, -0.2) is 68.7 Å². The predicted molar refractivity (Wildman–Crippen MR) is 92.2 cm³/mol. The minimum Gasteiger partial charge on any atom is -0.372 e. The van der Waals surface area contributed by atoms with Crippen LogP contribution in [0.1, 0.15) is 12.5 Å². The van der Waals surface area contributed by atoms with Crippen molar-refractivity contribution in [2.24, 2.45) is 5.92 Å². The number of carbonyl (C=O) groups excluding carboxylic acids is 1. The molecule has 1 aliphatic heterocycles. The van der Waals surface area contributed by atoms with Gasteiger partial charge in [-0.3, -0.25) is 9.69 Å². The van der Waals surface area contributed by atoms with Gasteiger partial charge >= 0.3 is 0 Å². The number of likely N-dealkylation sites (tertiary alicyclic amines) is 1. The highest BCUT2D eigenvalue weighted by Crippen LogP contribution is 2.20. The Morgan fingerprint density at radius 2 is 2.04 bits per heavy atom. The van der Waals surface area contributed by atoms with E-state index in [1.807, 2.05) is 13.0 Å². The van der Waals surface area contributed by atoms with Crippen LogP contribution in [0.5, 0.6) is 0 Å². The minimum atomic E-state index is -0.0119. The fourth-order valence-electron chi connectivity index (χ4n) is 3.19. The number of amides is 1. The van der Waals surface area contributed by atoms with Crippen molar-refractivity contribution in [3.05, 3.63) is 35.9 Å². The SMILES string of the molecule is CCOCC(=O)N[C@@H]1CN(Cc2ccccc2)C[C@H]1CN(C)C. The lowest BCUT2D eigenvalue weighted by molar-refractivity contribution is -0.126. The second-order valence-corrected chi connectivity index (χ2v) is 6.51. The molecule has 2 atom stereocenters. The minimum absolute atomic E-state index is 0.0119. The van der Waals surface area contributed by atoms with Gasteiger partial charge in [-0.15, -0.1) is 0 Å². The molecule has 0 spiro atoms. The lowest BCUT2D eigenvalue weighted by Gasteiger charge is -2.22. The molecule has 1 N–H and O–H groups in total. The molecule has 1 fully saturated rings. The number of ether oxygens (including phenoxy) is 1. The van der Waals surface area contributed by atoms with Crippen molar-refractivity contribution in [2.45, 2.75) is 19.5 Å². The third-order valence-electron chi connectivity index (χ3n) is 4.15. The summed E-state index contributed by atoms with van der Waals surface area (Å²) < 4.78 is 5.21. The highest BCUT2D eigenvalue weighted by Gasteiger charge is 2.33. The van der Waals surface area contributed by atoms with Crippen molar-refractivity contribution in [2.75, 3.05) is 46.9 Å². The first-order chi connectivity index (χ1) is 11.1. The monoisotopic (exact) mass is 319 g/mol. The highest BCUT2D eigenvalue weighted by atomic mass is 16.5. The Labute approximate surface area is 139 Å². The summed E-state index contributed by atoms with van der Waals surface area (Å²) in [4.78, 5) is 16.6. The zero-order valence-corrected chi connectivity index (χ0v) is 14.5. The summed E-state index contributed by atoms with van der Waals surface area (Å²) >= 11 is 0. The number of hydrogen-bond acceptors (Lipinski definition) is 4. The van der Waals surface area contributed by atoms with E-state index in [-0.39, 0.29) is 18.6 Å². The smallest absolute Gasteiger partial charge is 0.246 e. The predicted octanol–water partition coefficient (Wildman–Crippen LogP) is 1.20. The topological polar surface area (TPSA) is 44.8 Å². The van der Waals surface area contributed by atoms with Gasteiger partial charge in [0, 0.05) is 44.7 Å². The molecule has 1 saturated heterocycles. The molecule has 0 saturated carbocycles. The Morgan fingerprint density at radius 1 is 1.30 bits per heavy atom. The molecule has 1 amide bonds. The lowest BCUT2D eigenvalue weighted by Crippen LogP contribution is -2.44. The van der Waals surface area contributed by atoms with E-state index in [1.165, 1.54) is 5.56 Å². The fraction of sp³-hybridized carbons (Fsp3) is 0.611. The van der Waals surface area contributed by atoms with Gasteiger partial charge in [0.15, 0.2) is 0 Å². The van der Waals surface area contributed by atoms with Gasteiger partial charge in [0.05, 0.1) is 0 Å². The van der Waals surface area contributed by atoms with Crippen LogP contribution in [0.15, 0.2) is 30.3 Å². The summed E-state index contributed by atoms with van der Waals surface area (Å²) in [5.74, 6) is 0.432. The van der Waals surface area contributed by atoms with Crippen LogP contribution in [0.25, 0.3) is 0 Å². The zero-order valence-electron chi connectivity index (χ0n) is 14.5. The van der Waals surface area contributed by atoms with E-state index in [9.17, 15) is 4.79 Å². The van der Waals surface area contributed by atoms with Crippen LogP contribution in [-0.2, 0) is 16.1 Å². The first kappa shape index (κ1) is 17.9. The van der Waals surface area contributed by atoms with Gasteiger partial charge < -0.3 is 15.0 Å². The van der Waals surface area contributed by atoms with Gasteiger partial charge in [-0.25, -0.2) is 0 Å². The second-order valence-electron chi connectivity index (χ2n) is 6.51. The van der Waals surface area contributed by atoms with Gasteiger partial charge in [0.2, 0.25) is 5.91 Å². The second kappa shape index (κ2) is 9.01. The maximum atomic E-state index is 12.0. The quantitative estimate of drug-likeness (QED) is 0.782. The molecular weight excluding hydrogens is 290 g/mol. The van der Waals surface area contributed by atoms with E-state index >= 15 is 0 Å². The van der Waals surface area contributed by atoms with Crippen molar-refractivity contribution in [1.82, 2.24) is 15.1 Å². The lowest BCUT2D eigenvalue weighted by atomic mass is 10.0. The molecule has 5 heteroatoms. The largest absolute Gasteiger partial charge is 0.372 e. The normalized spacial score (nSPS) is 21.7. The van der Waals surface area contributed by atoms with E-state index in [4.69, 9.17) is 4.74 Å². The molecule has 1 heterocycles. The van der Waals surface area contributed by atoms with Gasteiger partial charge in [0.1, 0.15) is 6.61 Å². The molecule has 23 heavy (non-hydrogen) atoms. The Morgan fingerprint density at radius 3 is 2.70 bits per heavy atom. The summed E-state index contributed by atoms with van der Waals surface area (Å²) in [7, 11) is 4.16. The maximum absolute atomic E-state index is 12.0.